The normalized spacial score (nSPS) is 22.3. The van der Waals surface area contributed by atoms with E-state index in [1.807, 2.05) is 18.2 Å². The molecule has 1 fully saturated rings. The summed E-state index contributed by atoms with van der Waals surface area (Å²) >= 11 is 12.0. The zero-order chi connectivity index (χ0) is 14.4. The van der Waals surface area contributed by atoms with Crippen LogP contribution in [0.4, 0.5) is 0 Å². The predicted molar refractivity (Wildman–Crippen MR) is 82.3 cm³/mol. The maximum atomic E-state index is 6.06. The van der Waals surface area contributed by atoms with E-state index in [1.54, 1.807) is 0 Å². The Balaban J connectivity index is 2.15. The van der Waals surface area contributed by atoms with Gasteiger partial charge >= 0.3 is 0 Å². The Morgan fingerprint density at radius 1 is 1.16 bits per heavy atom. The topological polar surface area (TPSA) is 38.0 Å². The van der Waals surface area contributed by atoms with E-state index >= 15 is 0 Å². The van der Waals surface area contributed by atoms with Crippen LogP contribution >= 0.6 is 23.2 Å². The second kappa shape index (κ2) is 4.92. The maximum Gasteiger partial charge on any atom is 0.0595 e. The highest BCUT2D eigenvalue weighted by atomic mass is 35.5. The monoisotopic (exact) mass is 300 g/mol. The summed E-state index contributed by atoms with van der Waals surface area (Å²) in [5.74, 6) is 6.32. The number of benzene rings is 1. The molecule has 2 nitrogen and oxygen atoms in total. The van der Waals surface area contributed by atoms with E-state index in [-0.39, 0.29) is 6.04 Å². The van der Waals surface area contributed by atoms with Gasteiger partial charge in [-0.3, -0.25) is 11.3 Å². The van der Waals surface area contributed by atoms with Gasteiger partial charge in [-0.05, 0) is 40.9 Å². The minimum absolute atomic E-state index is 0.252. The van der Waals surface area contributed by atoms with Crippen molar-refractivity contribution in [2.45, 2.75) is 40.2 Å². The number of nitrogens with one attached hydrogen (secondary N) is 1. The molecule has 4 heteroatoms. The summed E-state index contributed by atoms with van der Waals surface area (Å²) in [6.07, 6.45) is 0.866. The molecule has 0 spiro atoms. The van der Waals surface area contributed by atoms with Crippen LogP contribution < -0.4 is 11.3 Å². The van der Waals surface area contributed by atoms with Gasteiger partial charge in [0.1, 0.15) is 0 Å². The summed E-state index contributed by atoms with van der Waals surface area (Å²) in [6, 6.07) is 6.04. The third-order valence-electron chi connectivity index (χ3n) is 5.19. The molecule has 0 radical (unpaired) electrons. The van der Waals surface area contributed by atoms with Crippen LogP contribution in [0, 0.1) is 16.7 Å². The summed E-state index contributed by atoms with van der Waals surface area (Å²) in [4.78, 5) is 0. The second-order valence-corrected chi connectivity index (χ2v) is 7.46. The van der Waals surface area contributed by atoms with Crippen LogP contribution in [0.1, 0.15) is 33.3 Å². The lowest BCUT2D eigenvalue weighted by Crippen LogP contribution is -2.40. The van der Waals surface area contributed by atoms with Gasteiger partial charge in [-0.2, -0.15) is 0 Å². The Kier molecular flexibility index (Phi) is 3.92. The first-order valence-corrected chi connectivity index (χ1v) is 7.37. The highest BCUT2D eigenvalue weighted by Gasteiger charge is 2.66. The molecular weight excluding hydrogens is 279 g/mol. The van der Waals surface area contributed by atoms with Gasteiger partial charge in [0, 0.05) is 6.04 Å². The van der Waals surface area contributed by atoms with Crippen molar-refractivity contribution in [3.05, 3.63) is 33.8 Å². The van der Waals surface area contributed by atoms with Gasteiger partial charge in [-0.1, -0.05) is 57.0 Å². The van der Waals surface area contributed by atoms with Crippen molar-refractivity contribution in [3.63, 3.8) is 0 Å². The van der Waals surface area contributed by atoms with Crippen molar-refractivity contribution in [3.8, 4) is 0 Å². The summed E-state index contributed by atoms with van der Waals surface area (Å²) in [6.45, 7) is 9.21. The first kappa shape index (κ1) is 15.1. The highest BCUT2D eigenvalue weighted by molar-refractivity contribution is 6.42. The number of hydrogen-bond acceptors (Lipinski definition) is 2. The number of nitrogens with two attached hydrogens (primary N) is 1. The van der Waals surface area contributed by atoms with Gasteiger partial charge in [0.05, 0.1) is 10.0 Å². The Morgan fingerprint density at radius 3 is 2.16 bits per heavy atom. The third kappa shape index (κ3) is 2.52. The average molecular weight is 301 g/mol. The maximum absolute atomic E-state index is 6.06. The largest absolute Gasteiger partial charge is 0.271 e. The summed E-state index contributed by atoms with van der Waals surface area (Å²) in [7, 11) is 0. The third-order valence-corrected chi connectivity index (χ3v) is 5.93. The Labute approximate surface area is 125 Å². The molecular formula is C15H22Cl2N2. The molecule has 1 unspecified atom stereocenters. The van der Waals surface area contributed by atoms with Gasteiger partial charge in [0.2, 0.25) is 0 Å². The molecule has 19 heavy (non-hydrogen) atoms. The molecule has 1 aromatic rings. The first-order valence-electron chi connectivity index (χ1n) is 6.62. The summed E-state index contributed by atoms with van der Waals surface area (Å²) in [5.41, 5.74) is 4.76. The smallest absolute Gasteiger partial charge is 0.0595 e. The van der Waals surface area contributed by atoms with Crippen LogP contribution in [0.5, 0.6) is 0 Å². The predicted octanol–water partition coefficient (Wildman–Crippen LogP) is 4.05. The number of hydrazine groups is 1. The number of rotatable bonds is 4. The van der Waals surface area contributed by atoms with Crippen LogP contribution in [0.3, 0.4) is 0 Å². The van der Waals surface area contributed by atoms with Gasteiger partial charge < -0.3 is 0 Å². The SMILES string of the molecule is CC1(C)C(C(Cc2ccc(Cl)c(Cl)c2)NN)C1(C)C. The Morgan fingerprint density at radius 2 is 1.74 bits per heavy atom. The van der Waals surface area contributed by atoms with Gasteiger partial charge in [0.15, 0.2) is 0 Å². The molecule has 2 rings (SSSR count). The number of halogens is 2. The molecule has 0 saturated heterocycles. The van der Waals surface area contributed by atoms with E-state index in [9.17, 15) is 0 Å². The van der Waals surface area contributed by atoms with E-state index in [0.717, 1.165) is 12.0 Å². The van der Waals surface area contributed by atoms with Crippen molar-refractivity contribution in [1.29, 1.82) is 0 Å². The lowest BCUT2D eigenvalue weighted by Gasteiger charge is -2.18. The molecule has 106 valence electrons. The second-order valence-electron chi connectivity index (χ2n) is 6.65. The van der Waals surface area contributed by atoms with Crippen LogP contribution in [-0.2, 0) is 6.42 Å². The van der Waals surface area contributed by atoms with Gasteiger partial charge in [0.25, 0.3) is 0 Å². The molecule has 1 aromatic carbocycles. The zero-order valence-electron chi connectivity index (χ0n) is 11.9. The van der Waals surface area contributed by atoms with E-state index in [2.05, 4.69) is 33.1 Å². The van der Waals surface area contributed by atoms with Crippen molar-refractivity contribution in [2.24, 2.45) is 22.6 Å². The molecule has 3 N–H and O–H groups in total. The Hall–Kier alpha value is -0.280. The van der Waals surface area contributed by atoms with Crippen LogP contribution in [0.15, 0.2) is 18.2 Å². The fourth-order valence-corrected chi connectivity index (χ4v) is 3.77. The number of hydrogen-bond donors (Lipinski definition) is 2. The van der Waals surface area contributed by atoms with Crippen molar-refractivity contribution >= 4 is 23.2 Å². The van der Waals surface area contributed by atoms with Crippen molar-refractivity contribution < 1.29 is 0 Å². The average Bonchev–Trinajstić information content (AvgIpc) is 2.72. The Bertz CT molecular complexity index is 469. The molecule has 1 atom stereocenters. The van der Waals surface area contributed by atoms with Gasteiger partial charge in [-0.15, -0.1) is 0 Å². The van der Waals surface area contributed by atoms with Gasteiger partial charge in [-0.25, -0.2) is 0 Å². The molecule has 1 aliphatic rings. The fourth-order valence-electron chi connectivity index (χ4n) is 3.45. The van der Waals surface area contributed by atoms with E-state index in [1.165, 1.54) is 0 Å². The molecule has 0 aromatic heterocycles. The van der Waals surface area contributed by atoms with Crippen molar-refractivity contribution in [2.75, 3.05) is 0 Å². The summed E-state index contributed by atoms with van der Waals surface area (Å²) < 4.78 is 0. The standard InChI is InChI=1S/C15H22Cl2N2/c1-14(2)13(15(14,3)4)12(19-18)8-9-5-6-10(16)11(17)7-9/h5-7,12-13,19H,8,18H2,1-4H3. The zero-order valence-corrected chi connectivity index (χ0v) is 13.4. The van der Waals surface area contributed by atoms with E-state index in [0.29, 0.717) is 26.8 Å². The fraction of sp³-hybridized carbons (Fsp3) is 0.600. The van der Waals surface area contributed by atoms with Crippen LogP contribution in [-0.4, -0.2) is 6.04 Å². The molecule has 0 aliphatic heterocycles. The minimum Gasteiger partial charge on any atom is -0.271 e. The first-order chi connectivity index (χ1) is 8.71. The quantitative estimate of drug-likeness (QED) is 0.650. The lowest BCUT2D eigenvalue weighted by molar-refractivity contribution is 0.402. The van der Waals surface area contributed by atoms with Crippen LogP contribution in [0.2, 0.25) is 10.0 Å². The molecule has 1 aliphatic carbocycles. The van der Waals surface area contributed by atoms with Crippen molar-refractivity contribution in [1.82, 2.24) is 5.43 Å². The van der Waals surface area contributed by atoms with E-state index in [4.69, 9.17) is 29.0 Å². The lowest BCUT2D eigenvalue weighted by atomic mass is 9.97. The molecule has 0 bridgehead atoms. The minimum atomic E-state index is 0.252. The highest BCUT2D eigenvalue weighted by Crippen LogP contribution is 2.69. The molecule has 1 saturated carbocycles. The molecule has 0 heterocycles. The molecule has 0 amide bonds. The van der Waals surface area contributed by atoms with Crippen LogP contribution in [0.25, 0.3) is 0 Å². The van der Waals surface area contributed by atoms with E-state index < -0.39 is 0 Å². The summed E-state index contributed by atoms with van der Waals surface area (Å²) in [5, 5.41) is 1.19.